The maximum atomic E-state index is 6.19. The second-order valence-corrected chi connectivity index (χ2v) is 8.67. The molecule has 7 heteroatoms. The van der Waals surface area contributed by atoms with Crippen molar-refractivity contribution in [2.75, 3.05) is 20.3 Å². The first kappa shape index (κ1) is 21.5. The highest BCUT2D eigenvalue weighted by molar-refractivity contribution is 5.88. The van der Waals surface area contributed by atoms with Crippen LogP contribution in [0.5, 0.6) is 23.1 Å². The van der Waals surface area contributed by atoms with Crippen LogP contribution in [0.4, 0.5) is 0 Å². The summed E-state index contributed by atoms with van der Waals surface area (Å²) in [6.45, 7) is 5.91. The van der Waals surface area contributed by atoms with E-state index >= 15 is 0 Å². The smallest absolute Gasteiger partial charge is 0.230 e. The Bertz CT molecular complexity index is 1280. The molecule has 0 spiro atoms. The summed E-state index contributed by atoms with van der Waals surface area (Å²) < 4.78 is 17.9. The topological polar surface area (TPSA) is 81.3 Å². The van der Waals surface area contributed by atoms with Gasteiger partial charge in [0.05, 0.1) is 24.6 Å². The van der Waals surface area contributed by atoms with Crippen LogP contribution in [0.25, 0.3) is 21.8 Å². The van der Waals surface area contributed by atoms with E-state index < -0.39 is 0 Å². The van der Waals surface area contributed by atoms with Gasteiger partial charge in [0.25, 0.3) is 0 Å². The van der Waals surface area contributed by atoms with E-state index in [0.29, 0.717) is 30.0 Å². The van der Waals surface area contributed by atoms with E-state index in [1.807, 2.05) is 30.3 Å². The van der Waals surface area contributed by atoms with Crippen LogP contribution in [0, 0.1) is 13.8 Å². The minimum Gasteiger partial charge on any atom is -0.493 e. The second-order valence-electron chi connectivity index (χ2n) is 8.67. The van der Waals surface area contributed by atoms with Gasteiger partial charge in [0.2, 0.25) is 5.88 Å². The quantitative estimate of drug-likeness (QED) is 0.393. The second kappa shape index (κ2) is 9.27. The van der Waals surface area contributed by atoms with Gasteiger partial charge < -0.3 is 24.5 Å². The summed E-state index contributed by atoms with van der Waals surface area (Å²) in [7, 11) is 1.64. The highest BCUT2D eigenvalue weighted by atomic mass is 16.5. The van der Waals surface area contributed by atoms with Crippen LogP contribution in [0.15, 0.2) is 36.7 Å². The lowest BCUT2D eigenvalue weighted by Gasteiger charge is -2.23. The van der Waals surface area contributed by atoms with Crippen LogP contribution in [0.1, 0.15) is 36.9 Å². The molecular formula is C26H30N4O3. The number of hydrogen-bond acceptors (Lipinski definition) is 6. The largest absolute Gasteiger partial charge is 0.493 e. The molecule has 33 heavy (non-hydrogen) atoms. The van der Waals surface area contributed by atoms with E-state index in [9.17, 15) is 0 Å². The summed E-state index contributed by atoms with van der Waals surface area (Å²) in [4.78, 5) is 12.2. The van der Waals surface area contributed by atoms with E-state index in [1.165, 1.54) is 31.2 Å². The molecule has 0 radical (unpaired) electrons. The van der Waals surface area contributed by atoms with Crippen molar-refractivity contribution >= 4 is 21.8 Å². The lowest BCUT2D eigenvalue weighted by atomic mass is 10.0. The van der Waals surface area contributed by atoms with E-state index in [0.717, 1.165) is 46.2 Å². The third-order valence-corrected chi connectivity index (χ3v) is 6.51. The number of aryl methyl sites for hydroxylation is 2. The summed E-state index contributed by atoms with van der Waals surface area (Å²) in [5, 5.41) is 5.48. The number of piperidine rings is 1. The molecule has 1 fully saturated rings. The first-order chi connectivity index (χ1) is 16.1. The number of rotatable bonds is 7. The molecule has 0 saturated carbocycles. The van der Waals surface area contributed by atoms with Crippen molar-refractivity contribution in [2.45, 2.75) is 45.6 Å². The van der Waals surface area contributed by atoms with Gasteiger partial charge in [0, 0.05) is 28.7 Å². The van der Waals surface area contributed by atoms with Crippen LogP contribution < -0.4 is 19.5 Å². The molecule has 1 aliphatic rings. The maximum absolute atomic E-state index is 6.19. The predicted octanol–water partition coefficient (Wildman–Crippen LogP) is 5.44. The van der Waals surface area contributed by atoms with Gasteiger partial charge in [-0.05, 0) is 69.5 Å². The Balaban J connectivity index is 1.39. The molecule has 0 bridgehead atoms. The fourth-order valence-electron chi connectivity index (χ4n) is 4.49. The SMILES string of the molecule is COc1cc2c(Oc3ccc4[nH]c(C)c(C)c4c3)ncnc2cc1OCCC1CCCCN1. The van der Waals surface area contributed by atoms with Crippen LogP contribution >= 0.6 is 0 Å². The minimum atomic E-state index is 0.487. The lowest BCUT2D eigenvalue weighted by Crippen LogP contribution is -2.35. The average molecular weight is 447 g/mol. The van der Waals surface area contributed by atoms with E-state index in [-0.39, 0.29) is 0 Å². The maximum Gasteiger partial charge on any atom is 0.230 e. The van der Waals surface area contributed by atoms with Gasteiger partial charge in [-0.2, -0.15) is 0 Å². The standard InChI is InChI=1S/C26H30N4O3/c1-16-17(2)30-22-8-7-19(12-20(16)22)33-26-21-13-24(31-3)25(14-23(21)28-15-29-26)32-11-9-18-6-4-5-10-27-18/h7-8,12-15,18,27,30H,4-6,9-11H2,1-3H3. The number of ether oxygens (including phenoxy) is 3. The van der Waals surface area contributed by atoms with Gasteiger partial charge in [-0.15, -0.1) is 0 Å². The number of hydrogen-bond donors (Lipinski definition) is 2. The Morgan fingerprint density at radius 2 is 1.94 bits per heavy atom. The van der Waals surface area contributed by atoms with Crippen LogP contribution in [-0.2, 0) is 0 Å². The minimum absolute atomic E-state index is 0.487. The molecule has 2 N–H and O–H groups in total. The Hall–Kier alpha value is -3.32. The number of fused-ring (bicyclic) bond motifs is 2. The monoisotopic (exact) mass is 446 g/mol. The number of benzene rings is 2. The Kier molecular flexibility index (Phi) is 6.05. The third-order valence-electron chi connectivity index (χ3n) is 6.51. The highest BCUT2D eigenvalue weighted by Crippen LogP contribution is 2.37. The lowest BCUT2D eigenvalue weighted by molar-refractivity contribution is 0.257. The van der Waals surface area contributed by atoms with Gasteiger partial charge in [0.15, 0.2) is 11.5 Å². The number of aromatic amines is 1. The highest BCUT2D eigenvalue weighted by Gasteiger charge is 2.16. The van der Waals surface area contributed by atoms with Crippen molar-refractivity contribution in [2.24, 2.45) is 0 Å². The number of methoxy groups -OCH3 is 1. The number of nitrogens with one attached hydrogen (secondary N) is 2. The zero-order valence-corrected chi connectivity index (χ0v) is 19.4. The zero-order chi connectivity index (χ0) is 22.8. The summed E-state index contributed by atoms with van der Waals surface area (Å²) in [5.41, 5.74) is 4.22. The summed E-state index contributed by atoms with van der Waals surface area (Å²) in [6.07, 6.45) is 6.24. The molecule has 4 aromatic rings. The van der Waals surface area contributed by atoms with Gasteiger partial charge in [-0.25, -0.2) is 9.97 Å². The molecule has 2 aromatic carbocycles. The van der Waals surface area contributed by atoms with Crippen LogP contribution in [-0.4, -0.2) is 41.3 Å². The van der Waals surface area contributed by atoms with E-state index in [4.69, 9.17) is 14.2 Å². The zero-order valence-electron chi connectivity index (χ0n) is 19.4. The molecule has 1 atom stereocenters. The van der Waals surface area contributed by atoms with Gasteiger partial charge in [0.1, 0.15) is 12.1 Å². The molecule has 1 unspecified atom stereocenters. The number of aromatic nitrogens is 3. The average Bonchev–Trinajstić information content (AvgIpc) is 3.12. The molecule has 5 rings (SSSR count). The molecular weight excluding hydrogens is 416 g/mol. The molecule has 172 valence electrons. The summed E-state index contributed by atoms with van der Waals surface area (Å²) in [6, 6.07) is 10.3. The van der Waals surface area contributed by atoms with E-state index in [1.54, 1.807) is 7.11 Å². The molecule has 1 aliphatic heterocycles. The molecule has 0 amide bonds. The predicted molar refractivity (Wildman–Crippen MR) is 130 cm³/mol. The Labute approximate surface area is 193 Å². The fourth-order valence-corrected chi connectivity index (χ4v) is 4.49. The third kappa shape index (κ3) is 4.46. The van der Waals surface area contributed by atoms with Crippen molar-refractivity contribution in [1.82, 2.24) is 20.3 Å². The first-order valence-corrected chi connectivity index (χ1v) is 11.6. The van der Waals surface area contributed by atoms with Crippen LogP contribution in [0.3, 0.4) is 0 Å². The normalized spacial score (nSPS) is 16.3. The van der Waals surface area contributed by atoms with Gasteiger partial charge in [-0.1, -0.05) is 6.42 Å². The van der Waals surface area contributed by atoms with Crippen molar-refractivity contribution in [3.8, 4) is 23.1 Å². The van der Waals surface area contributed by atoms with Crippen molar-refractivity contribution < 1.29 is 14.2 Å². The molecule has 2 aromatic heterocycles. The van der Waals surface area contributed by atoms with Crippen molar-refractivity contribution in [3.05, 3.63) is 47.9 Å². The van der Waals surface area contributed by atoms with Crippen molar-refractivity contribution in [3.63, 3.8) is 0 Å². The number of H-pyrrole nitrogens is 1. The molecule has 3 heterocycles. The summed E-state index contributed by atoms with van der Waals surface area (Å²) in [5.74, 6) is 2.54. The van der Waals surface area contributed by atoms with Crippen molar-refractivity contribution in [1.29, 1.82) is 0 Å². The molecule has 7 nitrogen and oxygen atoms in total. The van der Waals surface area contributed by atoms with Crippen LogP contribution in [0.2, 0.25) is 0 Å². The summed E-state index contributed by atoms with van der Waals surface area (Å²) >= 11 is 0. The Morgan fingerprint density at radius 3 is 2.76 bits per heavy atom. The molecule has 1 saturated heterocycles. The Morgan fingerprint density at radius 1 is 1.03 bits per heavy atom. The fraction of sp³-hybridized carbons (Fsp3) is 0.385. The van der Waals surface area contributed by atoms with Gasteiger partial charge >= 0.3 is 0 Å². The number of nitrogens with zero attached hydrogens (tertiary/aromatic N) is 2. The molecule has 0 aliphatic carbocycles. The van der Waals surface area contributed by atoms with E-state index in [2.05, 4.69) is 34.1 Å². The van der Waals surface area contributed by atoms with Gasteiger partial charge in [-0.3, -0.25) is 0 Å². The first-order valence-electron chi connectivity index (χ1n) is 11.6.